The van der Waals surface area contributed by atoms with Crippen molar-refractivity contribution >= 4 is 33.0 Å². The summed E-state index contributed by atoms with van der Waals surface area (Å²) in [7, 11) is 0. The molecule has 2 nitrogen and oxygen atoms in total. The van der Waals surface area contributed by atoms with E-state index in [1.807, 2.05) is 24.3 Å². The Morgan fingerprint density at radius 1 is 1.25 bits per heavy atom. The van der Waals surface area contributed by atoms with E-state index in [1.165, 1.54) is 18.4 Å². The molecule has 0 radical (unpaired) electrons. The lowest BCUT2D eigenvalue weighted by atomic mass is 10.1. The van der Waals surface area contributed by atoms with E-state index in [4.69, 9.17) is 0 Å². The summed E-state index contributed by atoms with van der Waals surface area (Å²) in [4.78, 5) is 14.7. The average molecular weight is 350 g/mol. The fourth-order valence-corrected chi connectivity index (χ4v) is 3.21. The first-order chi connectivity index (χ1) is 9.72. The number of benzene rings is 1. The van der Waals surface area contributed by atoms with Crippen molar-refractivity contribution in [3.63, 3.8) is 0 Å². The third kappa shape index (κ3) is 3.57. The van der Waals surface area contributed by atoms with Gasteiger partial charge in [0.05, 0.1) is 6.54 Å². The quantitative estimate of drug-likeness (QED) is 0.722. The van der Waals surface area contributed by atoms with E-state index in [0.29, 0.717) is 12.6 Å². The molecule has 1 aliphatic rings. The number of halogens is 1. The number of rotatable bonds is 6. The van der Waals surface area contributed by atoms with Gasteiger partial charge in [-0.25, -0.2) is 0 Å². The number of ketones is 1. The molecule has 0 N–H and O–H groups in total. The molecular weight excluding hydrogens is 334 g/mol. The molecule has 20 heavy (non-hydrogen) atoms. The predicted octanol–water partition coefficient (Wildman–Crippen LogP) is 4.36. The van der Waals surface area contributed by atoms with Crippen LogP contribution < -0.4 is 0 Å². The monoisotopic (exact) mass is 349 g/mol. The predicted molar refractivity (Wildman–Crippen MR) is 86.2 cm³/mol. The van der Waals surface area contributed by atoms with Gasteiger partial charge in [-0.2, -0.15) is 11.3 Å². The molecule has 0 bridgehead atoms. The molecule has 3 rings (SSSR count). The summed E-state index contributed by atoms with van der Waals surface area (Å²) in [6, 6.07) is 10.4. The van der Waals surface area contributed by atoms with Crippen LogP contribution >= 0.6 is 27.3 Å². The third-order valence-corrected chi connectivity index (χ3v) is 4.80. The Hall–Kier alpha value is -0.970. The Balaban J connectivity index is 1.67. The van der Waals surface area contributed by atoms with E-state index in [0.717, 1.165) is 16.6 Å². The minimum absolute atomic E-state index is 0.208. The molecule has 4 heteroatoms. The second kappa shape index (κ2) is 6.20. The molecule has 1 saturated carbocycles. The van der Waals surface area contributed by atoms with E-state index in [9.17, 15) is 4.79 Å². The maximum atomic E-state index is 12.4. The minimum Gasteiger partial charge on any atom is -0.293 e. The van der Waals surface area contributed by atoms with Crippen LogP contribution in [0.1, 0.15) is 28.8 Å². The SMILES string of the molecule is O=C(CN(Cc1ccsc1)C1CC1)c1ccc(Br)cc1. The van der Waals surface area contributed by atoms with Crippen molar-refractivity contribution < 1.29 is 4.79 Å². The van der Waals surface area contributed by atoms with Crippen molar-refractivity contribution in [2.75, 3.05) is 6.54 Å². The third-order valence-electron chi connectivity index (χ3n) is 3.54. The lowest BCUT2D eigenvalue weighted by Crippen LogP contribution is -2.31. The summed E-state index contributed by atoms with van der Waals surface area (Å²) in [6.07, 6.45) is 2.44. The largest absolute Gasteiger partial charge is 0.293 e. The number of carbonyl (C=O) groups excluding carboxylic acids is 1. The van der Waals surface area contributed by atoms with Crippen LogP contribution in [-0.4, -0.2) is 23.3 Å². The molecule has 0 aliphatic heterocycles. The highest BCUT2D eigenvalue weighted by molar-refractivity contribution is 9.10. The molecule has 2 aromatic rings. The number of Topliss-reactive ketones (excluding diaryl/α,β-unsaturated/α-hetero) is 1. The standard InChI is InChI=1S/C16H16BrNOS/c17-14-3-1-13(2-4-14)16(19)10-18(15-5-6-15)9-12-7-8-20-11-12/h1-4,7-8,11,15H,5-6,9-10H2. The zero-order chi connectivity index (χ0) is 13.9. The first-order valence-corrected chi connectivity index (χ1v) is 8.50. The highest BCUT2D eigenvalue weighted by Gasteiger charge is 2.30. The summed E-state index contributed by atoms with van der Waals surface area (Å²) in [5.74, 6) is 0.208. The number of nitrogens with zero attached hydrogens (tertiary/aromatic N) is 1. The van der Waals surface area contributed by atoms with Gasteiger partial charge in [0.1, 0.15) is 0 Å². The summed E-state index contributed by atoms with van der Waals surface area (Å²) >= 11 is 5.11. The van der Waals surface area contributed by atoms with Gasteiger partial charge in [0.2, 0.25) is 0 Å². The van der Waals surface area contributed by atoms with Gasteiger partial charge < -0.3 is 0 Å². The van der Waals surface area contributed by atoms with Crippen molar-refractivity contribution in [2.24, 2.45) is 0 Å². The Morgan fingerprint density at radius 2 is 2.00 bits per heavy atom. The van der Waals surface area contributed by atoms with Gasteiger partial charge in [-0.3, -0.25) is 9.69 Å². The van der Waals surface area contributed by atoms with E-state index < -0.39 is 0 Å². The molecule has 1 aliphatic carbocycles. The first-order valence-electron chi connectivity index (χ1n) is 6.76. The van der Waals surface area contributed by atoms with E-state index in [-0.39, 0.29) is 5.78 Å². The summed E-state index contributed by atoms with van der Waals surface area (Å²) in [5, 5.41) is 4.26. The summed E-state index contributed by atoms with van der Waals surface area (Å²) in [6.45, 7) is 1.40. The molecule has 104 valence electrons. The van der Waals surface area contributed by atoms with E-state index in [2.05, 4.69) is 37.7 Å². The van der Waals surface area contributed by atoms with Gasteiger partial charge >= 0.3 is 0 Å². The normalized spacial score (nSPS) is 14.7. The maximum absolute atomic E-state index is 12.4. The van der Waals surface area contributed by atoms with Gasteiger partial charge in [-0.05, 0) is 47.4 Å². The van der Waals surface area contributed by atoms with Crippen molar-refractivity contribution in [3.8, 4) is 0 Å². The van der Waals surface area contributed by atoms with Crippen LogP contribution in [0.15, 0.2) is 45.6 Å². The van der Waals surface area contributed by atoms with Gasteiger partial charge in [0.25, 0.3) is 0 Å². The van der Waals surface area contributed by atoms with Crippen LogP contribution in [0.3, 0.4) is 0 Å². The number of hydrogen-bond acceptors (Lipinski definition) is 3. The molecule has 1 aromatic heterocycles. The lowest BCUT2D eigenvalue weighted by molar-refractivity contribution is 0.0919. The van der Waals surface area contributed by atoms with Crippen molar-refractivity contribution in [3.05, 3.63) is 56.7 Å². The molecule has 1 heterocycles. The van der Waals surface area contributed by atoms with Crippen molar-refractivity contribution in [1.82, 2.24) is 4.90 Å². The Kier molecular flexibility index (Phi) is 4.34. The molecule has 0 amide bonds. The van der Waals surface area contributed by atoms with Crippen LogP contribution in [0.5, 0.6) is 0 Å². The van der Waals surface area contributed by atoms with E-state index in [1.54, 1.807) is 11.3 Å². The molecule has 0 unspecified atom stereocenters. The molecular formula is C16H16BrNOS. The second-order valence-corrected chi connectivity index (χ2v) is 6.89. The fraction of sp³-hybridized carbons (Fsp3) is 0.312. The van der Waals surface area contributed by atoms with Crippen LogP contribution in [-0.2, 0) is 6.54 Å². The zero-order valence-electron chi connectivity index (χ0n) is 11.1. The Labute approximate surface area is 131 Å². The number of hydrogen-bond donors (Lipinski definition) is 0. The minimum atomic E-state index is 0.208. The highest BCUT2D eigenvalue weighted by atomic mass is 79.9. The summed E-state index contributed by atoms with van der Waals surface area (Å²) in [5.41, 5.74) is 2.11. The highest BCUT2D eigenvalue weighted by Crippen LogP contribution is 2.29. The smallest absolute Gasteiger partial charge is 0.176 e. The zero-order valence-corrected chi connectivity index (χ0v) is 13.5. The van der Waals surface area contributed by atoms with Crippen LogP contribution in [0, 0.1) is 0 Å². The molecule has 1 fully saturated rings. The molecule has 0 spiro atoms. The topological polar surface area (TPSA) is 20.3 Å². The van der Waals surface area contributed by atoms with Crippen LogP contribution in [0.25, 0.3) is 0 Å². The van der Waals surface area contributed by atoms with Crippen molar-refractivity contribution in [1.29, 1.82) is 0 Å². The summed E-state index contributed by atoms with van der Waals surface area (Å²) < 4.78 is 1.01. The molecule has 0 atom stereocenters. The number of carbonyl (C=O) groups is 1. The maximum Gasteiger partial charge on any atom is 0.176 e. The average Bonchev–Trinajstić information content (AvgIpc) is 3.17. The van der Waals surface area contributed by atoms with Crippen LogP contribution in [0.2, 0.25) is 0 Å². The van der Waals surface area contributed by atoms with Crippen molar-refractivity contribution in [2.45, 2.75) is 25.4 Å². The van der Waals surface area contributed by atoms with Gasteiger partial charge in [-0.15, -0.1) is 0 Å². The van der Waals surface area contributed by atoms with Gasteiger partial charge in [0.15, 0.2) is 5.78 Å². The Morgan fingerprint density at radius 3 is 2.60 bits per heavy atom. The second-order valence-electron chi connectivity index (χ2n) is 5.20. The van der Waals surface area contributed by atoms with Crippen LogP contribution in [0.4, 0.5) is 0 Å². The first kappa shape index (κ1) is 14.0. The molecule has 1 aromatic carbocycles. The Bertz CT molecular complexity index is 575. The lowest BCUT2D eigenvalue weighted by Gasteiger charge is -2.20. The van der Waals surface area contributed by atoms with E-state index >= 15 is 0 Å². The fourth-order valence-electron chi connectivity index (χ4n) is 2.28. The number of thiophene rings is 1. The van der Waals surface area contributed by atoms with Gasteiger partial charge in [0, 0.05) is 22.6 Å². The molecule has 0 saturated heterocycles. The van der Waals surface area contributed by atoms with Gasteiger partial charge in [-0.1, -0.05) is 28.1 Å².